The topological polar surface area (TPSA) is 221 Å². The smallest absolute Gasteiger partial charge is 0.338 e. The molecule has 1 amide bonds. The van der Waals surface area contributed by atoms with Crippen LogP contribution in [0.3, 0.4) is 0 Å². The van der Waals surface area contributed by atoms with Gasteiger partial charge in [-0.3, -0.25) is 19.2 Å². The van der Waals surface area contributed by atoms with Crippen LogP contribution in [0.4, 0.5) is 0 Å². The van der Waals surface area contributed by atoms with E-state index in [-0.39, 0.29) is 42.6 Å². The summed E-state index contributed by atoms with van der Waals surface area (Å²) in [6, 6.07) is 5.16. The first kappa shape index (κ1) is 42.9. The Hall–Kier alpha value is -4.70. The van der Waals surface area contributed by atoms with Crippen LogP contribution in [0.15, 0.2) is 53.1 Å². The van der Waals surface area contributed by atoms with Crippen LogP contribution in [-0.4, -0.2) is 111 Å². The molecule has 0 spiro atoms. The van der Waals surface area contributed by atoms with E-state index in [2.05, 4.69) is 5.32 Å². The van der Waals surface area contributed by atoms with Crippen molar-refractivity contribution in [3.8, 4) is 0 Å². The average Bonchev–Trinajstić information content (AvgIpc) is 3.13. The number of esters is 4. The number of benzene rings is 1. The summed E-state index contributed by atoms with van der Waals surface area (Å²) in [5, 5.41) is 39.8. The minimum Gasteiger partial charge on any atom is -0.456 e. The average molecular weight is 808 g/mol. The molecule has 2 saturated carbocycles. The van der Waals surface area contributed by atoms with Crippen LogP contribution in [0.25, 0.3) is 6.08 Å². The molecule has 15 nitrogen and oxygen atoms in total. The zero-order valence-corrected chi connectivity index (χ0v) is 34.0. The molecule has 4 N–H and O–H groups in total. The summed E-state index contributed by atoms with van der Waals surface area (Å²) in [7, 11) is 0. The van der Waals surface area contributed by atoms with Gasteiger partial charge in [-0.25, -0.2) is 9.59 Å². The lowest BCUT2D eigenvalue weighted by Gasteiger charge is -2.67. The van der Waals surface area contributed by atoms with Crippen molar-refractivity contribution in [2.24, 2.45) is 16.7 Å². The number of Topliss-reactive ketones (excluding diaryl/α,β-unsaturated/α-hetero) is 1. The Kier molecular flexibility index (Phi) is 11.4. The van der Waals surface area contributed by atoms with Crippen molar-refractivity contribution in [2.45, 2.75) is 135 Å². The van der Waals surface area contributed by atoms with Gasteiger partial charge in [0.1, 0.15) is 23.9 Å². The molecule has 0 aromatic heterocycles. The van der Waals surface area contributed by atoms with Crippen molar-refractivity contribution in [2.75, 3.05) is 6.61 Å². The first-order chi connectivity index (χ1) is 27.1. The molecule has 11 atom stereocenters. The third kappa shape index (κ3) is 7.09. The van der Waals surface area contributed by atoms with Crippen LogP contribution < -0.4 is 5.32 Å². The van der Waals surface area contributed by atoms with Crippen molar-refractivity contribution < 1.29 is 67.8 Å². The molecule has 5 aliphatic rings. The van der Waals surface area contributed by atoms with Gasteiger partial charge in [-0.15, -0.1) is 0 Å². The fraction of sp³-hybridized carbons (Fsp3) is 0.581. The van der Waals surface area contributed by atoms with Crippen molar-refractivity contribution in [1.29, 1.82) is 0 Å². The molecule has 0 radical (unpaired) electrons. The molecule has 1 aromatic carbocycles. The molecule has 2 heterocycles. The number of amides is 1. The zero-order valence-electron chi connectivity index (χ0n) is 34.0. The van der Waals surface area contributed by atoms with Crippen molar-refractivity contribution in [1.82, 2.24) is 5.32 Å². The van der Waals surface area contributed by atoms with Crippen molar-refractivity contribution in [3.63, 3.8) is 0 Å². The monoisotopic (exact) mass is 807 g/mol. The second-order valence-corrected chi connectivity index (χ2v) is 17.2. The standard InChI is InChI=1S/C43H53NO14/c1-21(2)16-27-33(49)39(52)56-28-19-43(53)37(57-38(51)26-14-11-13-25(17-26)12-9-10-15-31(48)44-27)35-41(8,29(47)18-30-42(35,20-54-30)58-24(5)46)36(50)34(55-23(4)45)32(22(28)3)40(43,6)7/h9,11-14,16-17,27-30,33-35,37,47,49,53H,10,15,18-20H2,1-8H3,(H,44,48)/b12-9+/t27?,28-,29-,30+,33+,34+,35-,37-,41+,42-,43+/m0/s1. The highest BCUT2D eigenvalue weighted by Crippen LogP contribution is 2.64. The zero-order chi connectivity index (χ0) is 42.7. The molecule has 1 aromatic rings. The predicted molar refractivity (Wildman–Crippen MR) is 204 cm³/mol. The number of hydrogen-bond acceptors (Lipinski definition) is 14. The summed E-state index contributed by atoms with van der Waals surface area (Å²) < 4.78 is 30.2. The number of aliphatic hydroxyl groups excluding tert-OH is 2. The van der Waals surface area contributed by atoms with Crippen LogP contribution in [0.5, 0.6) is 0 Å². The molecular formula is C43H53NO14. The van der Waals surface area contributed by atoms with E-state index in [0.717, 1.165) is 13.8 Å². The highest BCUT2D eigenvalue weighted by atomic mass is 16.6. The summed E-state index contributed by atoms with van der Waals surface area (Å²) in [5.74, 6) is -6.63. The first-order valence-electron chi connectivity index (χ1n) is 19.5. The fourth-order valence-corrected chi connectivity index (χ4v) is 9.83. The van der Waals surface area contributed by atoms with Gasteiger partial charge in [-0.1, -0.05) is 49.8 Å². The normalized spacial score (nSPS) is 37.9. The van der Waals surface area contributed by atoms with E-state index in [1.165, 1.54) is 26.0 Å². The van der Waals surface area contributed by atoms with Crippen LogP contribution in [-0.2, 0) is 47.7 Å². The Bertz CT molecular complexity index is 2000. The SMILES string of the molecule is CC(=O)O[C@H]1C(=O)[C@@]2(C)[C@H]([C@@H]3OC(=O)c4cccc(c4)/C=C/CCC(=O)NC(C=C(C)C)[C@@H](O)C(=O)O[C@H]4C[C@]3(O)C(C)(C)C1=C4C)[C@]1(OC(C)=O)CO[C@@H]1C[C@@H]2O. The maximum atomic E-state index is 15.4. The summed E-state index contributed by atoms with van der Waals surface area (Å²) in [4.78, 5) is 82.9. The third-order valence-electron chi connectivity index (χ3n) is 12.8. The minimum atomic E-state index is -2.36. The summed E-state index contributed by atoms with van der Waals surface area (Å²) >= 11 is 0. The lowest BCUT2D eigenvalue weighted by atomic mass is 9.44. The lowest BCUT2D eigenvalue weighted by Crippen LogP contribution is -2.82. The Labute approximate surface area is 336 Å². The largest absolute Gasteiger partial charge is 0.456 e. The highest BCUT2D eigenvalue weighted by molar-refractivity contribution is 5.96. The summed E-state index contributed by atoms with van der Waals surface area (Å²) in [6.45, 7) is 11.5. The third-order valence-corrected chi connectivity index (χ3v) is 12.8. The minimum absolute atomic E-state index is 0.00288. The van der Waals surface area contributed by atoms with E-state index in [9.17, 15) is 39.3 Å². The van der Waals surface area contributed by atoms with Gasteiger partial charge in [0.15, 0.2) is 23.6 Å². The maximum Gasteiger partial charge on any atom is 0.338 e. The Morgan fingerprint density at radius 3 is 2.33 bits per heavy atom. The van der Waals surface area contributed by atoms with Gasteiger partial charge in [-0.2, -0.15) is 0 Å². The molecule has 314 valence electrons. The van der Waals surface area contributed by atoms with Crippen LogP contribution >= 0.6 is 0 Å². The number of carbonyl (C=O) groups is 6. The quantitative estimate of drug-likeness (QED) is 0.196. The summed E-state index contributed by atoms with van der Waals surface area (Å²) in [5.41, 5.74) is -6.30. The van der Waals surface area contributed by atoms with E-state index >= 15 is 4.79 Å². The molecule has 3 aliphatic carbocycles. The van der Waals surface area contributed by atoms with Gasteiger partial charge in [-0.05, 0) is 63.0 Å². The van der Waals surface area contributed by atoms with E-state index in [4.69, 9.17) is 23.7 Å². The van der Waals surface area contributed by atoms with Gasteiger partial charge < -0.3 is 44.3 Å². The Morgan fingerprint density at radius 1 is 1.00 bits per heavy atom. The van der Waals surface area contributed by atoms with Gasteiger partial charge >= 0.3 is 23.9 Å². The van der Waals surface area contributed by atoms with E-state index in [1.54, 1.807) is 58.0 Å². The number of hydrogen-bond donors (Lipinski definition) is 4. The Morgan fingerprint density at radius 2 is 1.71 bits per heavy atom. The number of ketones is 1. The van der Waals surface area contributed by atoms with Gasteiger partial charge in [0.25, 0.3) is 0 Å². The van der Waals surface area contributed by atoms with E-state index in [1.807, 2.05) is 0 Å². The molecule has 6 rings (SSSR count). The van der Waals surface area contributed by atoms with Crippen molar-refractivity contribution in [3.05, 3.63) is 64.3 Å². The van der Waals surface area contributed by atoms with Crippen LogP contribution in [0.1, 0.15) is 97.0 Å². The van der Waals surface area contributed by atoms with Gasteiger partial charge in [0.05, 0.1) is 35.6 Å². The van der Waals surface area contributed by atoms with E-state index in [0.29, 0.717) is 11.1 Å². The molecule has 1 saturated heterocycles. The molecule has 1 unspecified atom stereocenters. The predicted octanol–water partition coefficient (Wildman–Crippen LogP) is 2.82. The number of ether oxygens (including phenoxy) is 5. The second-order valence-electron chi connectivity index (χ2n) is 17.2. The van der Waals surface area contributed by atoms with Gasteiger partial charge in [0, 0.05) is 38.5 Å². The number of rotatable bonds is 3. The second kappa shape index (κ2) is 15.5. The number of aliphatic hydroxyl groups is 3. The molecule has 15 heteroatoms. The first-order valence-corrected chi connectivity index (χ1v) is 19.5. The number of nitrogens with one attached hydrogen (secondary N) is 1. The lowest BCUT2D eigenvalue weighted by molar-refractivity contribution is -0.346. The number of carbonyl (C=O) groups excluding carboxylic acids is 6. The van der Waals surface area contributed by atoms with Crippen molar-refractivity contribution >= 4 is 41.6 Å². The molecule has 3 fully saturated rings. The van der Waals surface area contributed by atoms with Gasteiger partial charge in [0.2, 0.25) is 5.91 Å². The number of allylic oxidation sites excluding steroid dienone is 2. The Balaban J connectivity index is 1.65. The van der Waals surface area contributed by atoms with Crippen LogP contribution in [0.2, 0.25) is 0 Å². The maximum absolute atomic E-state index is 15.4. The molecule has 5 bridgehead atoms. The summed E-state index contributed by atoms with van der Waals surface area (Å²) in [6.07, 6.45) is -5.08. The molecule has 58 heavy (non-hydrogen) atoms. The highest BCUT2D eigenvalue weighted by Gasteiger charge is 2.78. The van der Waals surface area contributed by atoms with Crippen LogP contribution in [0, 0.1) is 16.7 Å². The number of fused-ring (bicyclic) bond motifs is 8. The molecular weight excluding hydrogens is 754 g/mol. The molecule has 2 aliphatic heterocycles. The van der Waals surface area contributed by atoms with E-state index < -0.39 is 113 Å². The fourth-order valence-electron chi connectivity index (χ4n) is 9.83.